The number of aromatic amines is 1. The number of benzene rings is 1. The standard InChI is InChI=1S/C13H12N2O3/c1-8(7-18-13(14)17)9-3-2-4-10-11(16)5-6-15-12(9)10/h2-6H,1,7H2,(H2,14,17)(H,15,16). The maximum atomic E-state index is 11.7. The molecule has 1 amide bonds. The number of aromatic nitrogens is 1. The zero-order valence-electron chi connectivity index (χ0n) is 9.60. The van der Waals surface area contributed by atoms with Crippen molar-refractivity contribution in [3.63, 3.8) is 0 Å². The van der Waals surface area contributed by atoms with E-state index < -0.39 is 6.09 Å². The van der Waals surface area contributed by atoms with Gasteiger partial charge in [0.2, 0.25) is 0 Å². The molecule has 0 saturated carbocycles. The number of primary amides is 1. The van der Waals surface area contributed by atoms with Crippen molar-refractivity contribution in [1.82, 2.24) is 4.98 Å². The van der Waals surface area contributed by atoms with Crippen LogP contribution in [0.25, 0.3) is 16.5 Å². The van der Waals surface area contributed by atoms with E-state index in [1.54, 1.807) is 24.4 Å². The summed E-state index contributed by atoms with van der Waals surface area (Å²) in [5.74, 6) is 0. The third kappa shape index (κ3) is 2.24. The number of carbonyl (C=O) groups excluding carboxylic acids is 1. The van der Waals surface area contributed by atoms with Crippen LogP contribution in [0.15, 0.2) is 41.8 Å². The van der Waals surface area contributed by atoms with Crippen LogP contribution in [0.1, 0.15) is 5.56 Å². The Morgan fingerprint density at radius 2 is 2.17 bits per heavy atom. The van der Waals surface area contributed by atoms with Crippen molar-refractivity contribution < 1.29 is 9.53 Å². The molecule has 0 atom stereocenters. The zero-order valence-corrected chi connectivity index (χ0v) is 9.60. The molecule has 0 aliphatic rings. The Hall–Kier alpha value is -2.56. The van der Waals surface area contributed by atoms with Crippen molar-refractivity contribution in [2.45, 2.75) is 0 Å². The van der Waals surface area contributed by atoms with E-state index in [9.17, 15) is 9.59 Å². The minimum absolute atomic E-state index is 0.00856. The summed E-state index contributed by atoms with van der Waals surface area (Å²) in [4.78, 5) is 25.2. The van der Waals surface area contributed by atoms with Crippen LogP contribution in [-0.2, 0) is 4.74 Å². The number of H-pyrrole nitrogens is 1. The fourth-order valence-corrected chi connectivity index (χ4v) is 1.73. The van der Waals surface area contributed by atoms with Crippen LogP contribution in [0.2, 0.25) is 0 Å². The van der Waals surface area contributed by atoms with Crippen LogP contribution in [-0.4, -0.2) is 17.7 Å². The summed E-state index contributed by atoms with van der Waals surface area (Å²) in [7, 11) is 0. The minimum Gasteiger partial charge on any atom is -0.445 e. The van der Waals surface area contributed by atoms with Crippen molar-refractivity contribution in [3.05, 3.63) is 52.8 Å². The van der Waals surface area contributed by atoms with E-state index in [1.807, 2.05) is 0 Å². The number of amides is 1. The first-order chi connectivity index (χ1) is 8.59. The average Bonchev–Trinajstić information content (AvgIpc) is 2.36. The average molecular weight is 244 g/mol. The summed E-state index contributed by atoms with van der Waals surface area (Å²) in [6, 6.07) is 6.72. The number of nitrogens with one attached hydrogen (secondary N) is 1. The second-order valence-electron chi connectivity index (χ2n) is 3.78. The predicted octanol–water partition coefficient (Wildman–Crippen LogP) is 1.64. The minimum atomic E-state index is -0.857. The molecule has 0 bridgehead atoms. The van der Waals surface area contributed by atoms with Crippen molar-refractivity contribution >= 4 is 22.6 Å². The molecule has 5 heteroatoms. The van der Waals surface area contributed by atoms with Crippen LogP contribution in [0.5, 0.6) is 0 Å². The molecule has 1 aromatic carbocycles. The molecule has 0 fully saturated rings. The van der Waals surface area contributed by atoms with Crippen molar-refractivity contribution in [1.29, 1.82) is 0 Å². The maximum Gasteiger partial charge on any atom is 0.404 e. The van der Waals surface area contributed by atoms with E-state index in [2.05, 4.69) is 16.3 Å². The van der Waals surface area contributed by atoms with Gasteiger partial charge in [-0.2, -0.15) is 0 Å². The van der Waals surface area contributed by atoms with Gasteiger partial charge in [0.1, 0.15) is 6.61 Å². The van der Waals surface area contributed by atoms with E-state index in [1.165, 1.54) is 6.07 Å². The number of ether oxygens (including phenoxy) is 1. The summed E-state index contributed by atoms with van der Waals surface area (Å²) in [6.07, 6.45) is 0.709. The van der Waals surface area contributed by atoms with Crippen molar-refractivity contribution in [3.8, 4) is 0 Å². The van der Waals surface area contributed by atoms with Gasteiger partial charge in [-0.3, -0.25) is 4.79 Å². The Morgan fingerprint density at radius 3 is 2.89 bits per heavy atom. The zero-order chi connectivity index (χ0) is 13.1. The lowest BCUT2D eigenvalue weighted by molar-refractivity contribution is 0.171. The van der Waals surface area contributed by atoms with Crippen molar-refractivity contribution in [2.24, 2.45) is 5.73 Å². The van der Waals surface area contributed by atoms with Gasteiger partial charge in [0.15, 0.2) is 5.43 Å². The number of hydrogen-bond donors (Lipinski definition) is 2. The fraction of sp³-hybridized carbons (Fsp3) is 0.0769. The molecule has 0 radical (unpaired) electrons. The van der Waals surface area contributed by atoms with Crippen molar-refractivity contribution in [2.75, 3.05) is 6.61 Å². The van der Waals surface area contributed by atoms with E-state index in [0.29, 0.717) is 16.5 Å². The van der Waals surface area contributed by atoms with Gasteiger partial charge in [-0.05, 0) is 11.6 Å². The lowest BCUT2D eigenvalue weighted by atomic mass is 10.0. The molecule has 0 saturated heterocycles. The number of hydrogen-bond acceptors (Lipinski definition) is 3. The molecule has 0 unspecified atom stereocenters. The molecular formula is C13H12N2O3. The van der Waals surface area contributed by atoms with E-state index in [-0.39, 0.29) is 12.0 Å². The fourth-order valence-electron chi connectivity index (χ4n) is 1.73. The van der Waals surface area contributed by atoms with Gasteiger partial charge in [0.05, 0.1) is 5.52 Å². The first kappa shape index (κ1) is 11.9. The third-order valence-electron chi connectivity index (χ3n) is 2.56. The van der Waals surface area contributed by atoms with Gasteiger partial charge in [0, 0.05) is 23.2 Å². The largest absolute Gasteiger partial charge is 0.445 e. The molecule has 92 valence electrons. The molecule has 2 aromatic rings. The van der Waals surface area contributed by atoms with Crippen LogP contribution in [0.4, 0.5) is 4.79 Å². The van der Waals surface area contributed by atoms with Crippen LogP contribution in [0, 0.1) is 0 Å². The summed E-state index contributed by atoms with van der Waals surface area (Å²) in [6.45, 7) is 3.81. The van der Waals surface area contributed by atoms with Crippen LogP contribution in [0.3, 0.4) is 0 Å². The molecule has 1 heterocycles. The molecule has 2 rings (SSSR count). The van der Waals surface area contributed by atoms with E-state index >= 15 is 0 Å². The van der Waals surface area contributed by atoms with Gasteiger partial charge in [-0.25, -0.2) is 4.79 Å². The molecule has 5 nitrogen and oxygen atoms in total. The number of nitrogens with two attached hydrogens (primary N) is 1. The lowest BCUT2D eigenvalue weighted by Crippen LogP contribution is -2.14. The quantitative estimate of drug-likeness (QED) is 0.860. The first-order valence-corrected chi connectivity index (χ1v) is 5.30. The molecule has 0 aliphatic heterocycles. The predicted molar refractivity (Wildman–Crippen MR) is 69.1 cm³/mol. The van der Waals surface area contributed by atoms with E-state index in [0.717, 1.165) is 5.56 Å². The summed E-state index contributed by atoms with van der Waals surface area (Å²) < 4.78 is 4.68. The molecule has 1 aromatic heterocycles. The summed E-state index contributed by atoms with van der Waals surface area (Å²) >= 11 is 0. The monoisotopic (exact) mass is 244 g/mol. The highest BCUT2D eigenvalue weighted by Gasteiger charge is 2.08. The Balaban J connectivity index is 2.45. The maximum absolute atomic E-state index is 11.7. The topological polar surface area (TPSA) is 85.2 Å². The molecule has 0 spiro atoms. The number of fused-ring (bicyclic) bond motifs is 1. The van der Waals surface area contributed by atoms with Gasteiger partial charge >= 0.3 is 6.09 Å². The lowest BCUT2D eigenvalue weighted by Gasteiger charge is -2.08. The summed E-state index contributed by atoms with van der Waals surface area (Å²) in [5, 5.41) is 0.565. The molecule has 3 N–H and O–H groups in total. The van der Waals surface area contributed by atoms with Gasteiger partial charge < -0.3 is 15.5 Å². The third-order valence-corrected chi connectivity index (χ3v) is 2.56. The number of para-hydroxylation sites is 1. The second kappa shape index (κ2) is 4.75. The Bertz CT molecular complexity index is 673. The number of rotatable bonds is 3. The Kier molecular flexibility index (Phi) is 3.14. The van der Waals surface area contributed by atoms with Crippen LogP contribution >= 0.6 is 0 Å². The highest BCUT2D eigenvalue weighted by atomic mass is 16.5. The Labute approximate surface area is 103 Å². The molecule has 0 aliphatic carbocycles. The number of carbonyl (C=O) groups is 1. The first-order valence-electron chi connectivity index (χ1n) is 5.30. The number of pyridine rings is 1. The normalized spacial score (nSPS) is 10.2. The highest BCUT2D eigenvalue weighted by Crippen LogP contribution is 2.20. The smallest absolute Gasteiger partial charge is 0.404 e. The second-order valence-corrected chi connectivity index (χ2v) is 3.78. The molecular weight excluding hydrogens is 232 g/mol. The Morgan fingerprint density at radius 1 is 1.39 bits per heavy atom. The SMILES string of the molecule is C=C(COC(N)=O)c1cccc2c(=O)cc[nH]c12. The molecule has 18 heavy (non-hydrogen) atoms. The summed E-state index contributed by atoms with van der Waals surface area (Å²) in [5.41, 5.74) is 6.79. The van der Waals surface area contributed by atoms with Gasteiger partial charge in [-0.1, -0.05) is 18.7 Å². The van der Waals surface area contributed by atoms with E-state index in [4.69, 9.17) is 5.73 Å². The van der Waals surface area contributed by atoms with Crippen LogP contribution < -0.4 is 11.2 Å². The van der Waals surface area contributed by atoms with Gasteiger partial charge in [0.25, 0.3) is 0 Å². The van der Waals surface area contributed by atoms with Gasteiger partial charge in [-0.15, -0.1) is 0 Å². The highest BCUT2D eigenvalue weighted by molar-refractivity contribution is 5.90.